The lowest BCUT2D eigenvalue weighted by Crippen LogP contribution is -2.29. The molecule has 0 bridgehead atoms. The summed E-state index contributed by atoms with van der Waals surface area (Å²) in [6.07, 6.45) is 3.68. The topological polar surface area (TPSA) is 85.3 Å². The van der Waals surface area contributed by atoms with Crippen molar-refractivity contribution in [2.24, 2.45) is 4.40 Å². The van der Waals surface area contributed by atoms with E-state index < -0.39 is 10.0 Å². The fourth-order valence-electron chi connectivity index (χ4n) is 2.97. The number of amidine groups is 1. The third-order valence-electron chi connectivity index (χ3n) is 4.68. The van der Waals surface area contributed by atoms with Crippen LogP contribution in [0.2, 0.25) is 0 Å². The number of methoxy groups -OCH3 is 1. The smallest absolute Gasteiger partial charge is 0.284 e. The Morgan fingerprint density at radius 2 is 1.84 bits per heavy atom. The quantitative estimate of drug-likeness (QED) is 0.391. The molecule has 7 nitrogen and oxygen atoms in total. The molecule has 0 N–H and O–H groups in total. The number of benzene rings is 2. The highest BCUT2D eigenvalue weighted by Crippen LogP contribution is 2.35. The first-order valence-electron chi connectivity index (χ1n) is 10.3. The number of amides is 1. The molecule has 0 unspecified atom stereocenters. The molecule has 3 rings (SSSR count). The number of unbranched alkanes of at least 4 members (excludes halogenated alkanes) is 1. The molecule has 170 valence electrons. The van der Waals surface area contributed by atoms with Gasteiger partial charge in [0.05, 0.1) is 23.5 Å². The van der Waals surface area contributed by atoms with Gasteiger partial charge in [0.2, 0.25) is 0 Å². The molecule has 0 atom stereocenters. The number of hydrogen-bond acceptors (Lipinski definition) is 6. The second-order valence-electron chi connectivity index (χ2n) is 6.93. The fourth-order valence-corrected chi connectivity index (χ4v) is 5.24. The van der Waals surface area contributed by atoms with Gasteiger partial charge < -0.3 is 9.47 Å². The minimum Gasteiger partial charge on any atom is -0.493 e. The van der Waals surface area contributed by atoms with Crippen LogP contribution in [0.25, 0.3) is 6.08 Å². The van der Waals surface area contributed by atoms with Gasteiger partial charge in [-0.05, 0) is 61.0 Å². The van der Waals surface area contributed by atoms with Crippen LogP contribution in [-0.4, -0.2) is 44.7 Å². The van der Waals surface area contributed by atoms with Crippen molar-refractivity contribution >= 4 is 38.9 Å². The maximum atomic E-state index is 12.9. The average Bonchev–Trinajstić information content (AvgIpc) is 3.08. The molecule has 1 amide bonds. The molecule has 0 aliphatic carbocycles. The number of likely N-dealkylation sites (N-methyl/N-ethyl adjacent to an activating group) is 1. The van der Waals surface area contributed by atoms with Gasteiger partial charge in [0.25, 0.3) is 15.9 Å². The first kappa shape index (κ1) is 23.9. The predicted octanol–water partition coefficient (Wildman–Crippen LogP) is 4.56. The van der Waals surface area contributed by atoms with Gasteiger partial charge in [-0.2, -0.15) is 8.42 Å². The van der Waals surface area contributed by atoms with Crippen LogP contribution in [0, 0.1) is 0 Å². The second-order valence-corrected chi connectivity index (χ2v) is 9.55. The van der Waals surface area contributed by atoms with Crippen molar-refractivity contribution in [3.8, 4) is 11.5 Å². The predicted molar refractivity (Wildman–Crippen MR) is 127 cm³/mol. The average molecular weight is 475 g/mol. The number of carbonyl (C=O) groups excluding carboxylic acids is 1. The standard InChI is InChI=1S/C23H26N2O5S2/c1-4-6-14-30-19-13-12-17(15-20(19)29-3)16-21-22(26)25(5-2)23(31-21)24-32(27,28)18-10-8-7-9-11-18/h7-13,15-16H,4-6,14H2,1-3H3. The van der Waals surface area contributed by atoms with Gasteiger partial charge in [0.1, 0.15) is 0 Å². The van der Waals surface area contributed by atoms with E-state index in [1.54, 1.807) is 50.4 Å². The molecule has 0 saturated carbocycles. The molecule has 2 aromatic carbocycles. The highest BCUT2D eigenvalue weighted by Gasteiger charge is 2.34. The molecular weight excluding hydrogens is 448 g/mol. The van der Waals surface area contributed by atoms with Crippen LogP contribution in [0.1, 0.15) is 32.3 Å². The Bertz CT molecular complexity index is 1130. The van der Waals surface area contributed by atoms with E-state index in [4.69, 9.17) is 9.47 Å². The number of rotatable bonds is 9. The number of nitrogens with zero attached hydrogens (tertiary/aromatic N) is 2. The maximum absolute atomic E-state index is 12.9. The Kier molecular flexibility index (Phi) is 7.98. The molecule has 1 aliphatic rings. The molecule has 1 heterocycles. The minimum absolute atomic E-state index is 0.0810. The summed E-state index contributed by atoms with van der Waals surface area (Å²) in [6, 6.07) is 13.4. The summed E-state index contributed by atoms with van der Waals surface area (Å²) in [4.78, 5) is 14.7. The Hall–Kier alpha value is -2.78. The molecule has 32 heavy (non-hydrogen) atoms. The Balaban J connectivity index is 1.88. The molecule has 1 aliphatic heterocycles. The highest BCUT2D eigenvalue weighted by atomic mass is 32.2. The van der Waals surface area contributed by atoms with Gasteiger partial charge in [-0.1, -0.05) is 37.6 Å². The van der Waals surface area contributed by atoms with Crippen LogP contribution in [0.15, 0.2) is 62.7 Å². The summed E-state index contributed by atoms with van der Waals surface area (Å²) in [5.74, 6) is 0.917. The lowest BCUT2D eigenvalue weighted by molar-refractivity contribution is -0.122. The lowest BCUT2D eigenvalue weighted by Gasteiger charge is -2.12. The minimum atomic E-state index is -3.92. The van der Waals surface area contributed by atoms with E-state index in [1.165, 1.54) is 17.0 Å². The van der Waals surface area contributed by atoms with Crippen LogP contribution in [-0.2, 0) is 14.8 Å². The van der Waals surface area contributed by atoms with Crippen molar-refractivity contribution in [1.29, 1.82) is 0 Å². The summed E-state index contributed by atoms with van der Waals surface area (Å²) in [7, 11) is -2.36. The number of ether oxygens (including phenoxy) is 2. The zero-order valence-corrected chi connectivity index (χ0v) is 19.9. The van der Waals surface area contributed by atoms with Crippen molar-refractivity contribution in [1.82, 2.24) is 4.90 Å². The van der Waals surface area contributed by atoms with Gasteiger partial charge in [0, 0.05) is 6.54 Å². The fraction of sp³-hybridized carbons (Fsp3) is 0.304. The van der Waals surface area contributed by atoms with E-state index in [0.717, 1.165) is 30.2 Å². The van der Waals surface area contributed by atoms with Crippen molar-refractivity contribution < 1.29 is 22.7 Å². The lowest BCUT2D eigenvalue weighted by atomic mass is 10.2. The Labute approximate surface area is 193 Å². The molecule has 9 heteroatoms. The van der Waals surface area contributed by atoms with Gasteiger partial charge in [-0.15, -0.1) is 4.40 Å². The van der Waals surface area contributed by atoms with Crippen LogP contribution < -0.4 is 9.47 Å². The van der Waals surface area contributed by atoms with Crippen molar-refractivity contribution in [2.45, 2.75) is 31.6 Å². The van der Waals surface area contributed by atoms with Gasteiger partial charge in [-0.25, -0.2) is 0 Å². The number of carbonyl (C=O) groups is 1. The van der Waals surface area contributed by atoms with Crippen molar-refractivity contribution in [2.75, 3.05) is 20.3 Å². The van der Waals surface area contributed by atoms with Gasteiger partial charge in [-0.3, -0.25) is 9.69 Å². The third kappa shape index (κ3) is 5.52. The largest absolute Gasteiger partial charge is 0.493 e. The normalized spacial score (nSPS) is 16.7. The monoisotopic (exact) mass is 474 g/mol. The van der Waals surface area contributed by atoms with E-state index in [0.29, 0.717) is 29.6 Å². The van der Waals surface area contributed by atoms with Crippen molar-refractivity contribution in [3.05, 3.63) is 59.0 Å². The summed E-state index contributed by atoms with van der Waals surface area (Å²) >= 11 is 1.04. The molecular formula is C23H26N2O5S2. The first-order chi connectivity index (χ1) is 15.4. The van der Waals surface area contributed by atoms with Crippen LogP contribution >= 0.6 is 11.8 Å². The molecule has 0 radical (unpaired) electrons. The molecule has 0 aromatic heterocycles. The molecule has 1 saturated heterocycles. The summed E-state index contributed by atoms with van der Waals surface area (Å²) < 4.78 is 40.4. The zero-order chi connectivity index (χ0) is 23.1. The van der Waals surface area contributed by atoms with E-state index in [1.807, 2.05) is 6.07 Å². The zero-order valence-electron chi connectivity index (χ0n) is 18.3. The maximum Gasteiger partial charge on any atom is 0.284 e. The Morgan fingerprint density at radius 1 is 1.09 bits per heavy atom. The van der Waals surface area contributed by atoms with E-state index in [2.05, 4.69) is 11.3 Å². The first-order valence-corrected chi connectivity index (χ1v) is 12.6. The molecule has 2 aromatic rings. The number of sulfonamides is 1. The SMILES string of the molecule is CCCCOc1ccc(C=C2SC(=NS(=O)(=O)c3ccccc3)N(CC)C2=O)cc1OC. The van der Waals surface area contributed by atoms with Gasteiger partial charge >= 0.3 is 0 Å². The van der Waals surface area contributed by atoms with Gasteiger partial charge in [0.15, 0.2) is 16.7 Å². The van der Waals surface area contributed by atoms with E-state index in [-0.39, 0.29) is 16.0 Å². The summed E-state index contributed by atoms with van der Waals surface area (Å²) in [5, 5.41) is 0.138. The van der Waals surface area contributed by atoms with E-state index in [9.17, 15) is 13.2 Å². The highest BCUT2D eigenvalue weighted by molar-refractivity contribution is 8.19. The number of hydrogen-bond donors (Lipinski definition) is 0. The third-order valence-corrected chi connectivity index (χ3v) is 7.09. The second kappa shape index (κ2) is 10.7. The summed E-state index contributed by atoms with van der Waals surface area (Å²) in [5.41, 5.74) is 0.740. The van der Waals surface area contributed by atoms with Crippen molar-refractivity contribution in [3.63, 3.8) is 0 Å². The summed E-state index contributed by atoms with van der Waals surface area (Å²) in [6.45, 7) is 4.77. The molecule has 1 fully saturated rings. The van der Waals surface area contributed by atoms with E-state index >= 15 is 0 Å². The van der Waals surface area contributed by atoms with Crippen LogP contribution in [0.3, 0.4) is 0 Å². The van der Waals surface area contributed by atoms with Crippen LogP contribution in [0.4, 0.5) is 0 Å². The van der Waals surface area contributed by atoms with Crippen LogP contribution in [0.5, 0.6) is 11.5 Å². The number of thioether (sulfide) groups is 1. The Morgan fingerprint density at radius 3 is 2.50 bits per heavy atom. The molecule has 0 spiro atoms.